The number of thiazole rings is 1. The number of dihydropyridines is 1. The van der Waals surface area contributed by atoms with Crippen LogP contribution in [0.25, 0.3) is 11.0 Å². The van der Waals surface area contributed by atoms with E-state index in [0.29, 0.717) is 22.0 Å². The van der Waals surface area contributed by atoms with Crippen molar-refractivity contribution in [3.8, 4) is 0 Å². The molecule has 9 nitrogen and oxygen atoms in total. The molecule has 0 spiro atoms. The predicted octanol–water partition coefficient (Wildman–Crippen LogP) is 2.05. The lowest BCUT2D eigenvalue weighted by molar-refractivity contribution is -0.117. The van der Waals surface area contributed by atoms with Crippen LogP contribution in [0.1, 0.15) is 5.69 Å². The minimum Gasteiger partial charge on any atom is -0.324 e. The summed E-state index contributed by atoms with van der Waals surface area (Å²) in [6.45, 7) is 0. The lowest BCUT2D eigenvalue weighted by Gasteiger charge is -2.08. The third kappa shape index (κ3) is 4.00. The molecule has 0 saturated heterocycles. The number of benzene rings is 1. The van der Waals surface area contributed by atoms with Crippen LogP contribution in [0.3, 0.4) is 0 Å². The zero-order chi connectivity index (χ0) is 19.5. The third-order valence-electron chi connectivity index (χ3n) is 3.79. The molecule has 3 aromatic rings. The van der Waals surface area contributed by atoms with Crippen molar-refractivity contribution >= 4 is 68.9 Å². The second-order valence-electron chi connectivity index (χ2n) is 5.80. The fourth-order valence-electron chi connectivity index (χ4n) is 2.49. The number of amides is 3. The molecule has 28 heavy (non-hydrogen) atoms. The van der Waals surface area contributed by atoms with Crippen molar-refractivity contribution in [1.82, 2.24) is 13.7 Å². The molecule has 0 saturated carbocycles. The van der Waals surface area contributed by atoms with Gasteiger partial charge in [0, 0.05) is 17.7 Å². The average molecular weight is 412 g/mol. The van der Waals surface area contributed by atoms with Crippen molar-refractivity contribution in [3.63, 3.8) is 0 Å². The molecule has 1 unspecified atom stereocenters. The maximum absolute atomic E-state index is 12.3. The van der Waals surface area contributed by atoms with E-state index in [1.807, 2.05) is 6.07 Å². The van der Waals surface area contributed by atoms with Crippen LogP contribution in [0.15, 0.2) is 40.7 Å². The third-order valence-corrected chi connectivity index (χ3v) is 5.14. The van der Waals surface area contributed by atoms with Gasteiger partial charge in [-0.3, -0.25) is 14.4 Å². The molecule has 0 fully saturated rings. The molecule has 3 amide bonds. The van der Waals surface area contributed by atoms with E-state index in [4.69, 9.17) is 0 Å². The van der Waals surface area contributed by atoms with Gasteiger partial charge in [0.15, 0.2) is 5.13 Å². The lowest BCUT2D eigenvalue weighted by Crippen LogP contribution is -2.24. The van der Waals surface area contributed by atoms with Crippen LogP contribution in [0.4, 0.5) is 10.8 Å². The minimum atomic E-state index is -0.624. The van der Waals surface area contributed by atoms with E-state index < -0.39 is 11.8 Å². The van der Waals surface area contributed by atoms with E-state index in [1.54, 1.807) is 17.5 Å². The molecule has 2 aromatic heterocycles. The highest BCUT2D eigenvalue weighted by atomic mass is 32.1. The summed E-state index contributed by atoms with van der Waals surface area (Å²) in [7, 11) is 0. The quantitative estimate of drug-likeness (QED) is 0.660. The SMILES string of the molecule is O=C1C=CC(C(=O)Nc2nc(CC(=O)Nc3cccc4nsnc34)cs2)C=N1. The molecule has 4 rings (SSSR count). The Morgan fingerprint density at radius 3 is 2.89 bits per heavy atom. The number of hydrogen-bond acceptors (Lipinski definition) is 8. The standard InChI is InChI=1S/C17H12N6O3S2/c24-13-5-4-9(7-18-13)16(26)21-17-19-10(8-27-17)6-14(25)20-11-2-1-3-12-15(11)23-28-22-12/h1-5,7-9H,6H2,(H,20,25)(H,19,21,26). The van der Waals surface area contributed by atoms with E-state index in [9.17, 15) is 14.4 Å². The van der Waals surface area contributed by atoms with Crippen molar-refractivity contribution in [2.24, 2.45) is 10.9 Å². The summed E-state index contributed by atoms with van der Waals surface area (Å²) in [5.41, 5.74) is 2.50. The second-order valence-corrected chi connectivity index (χ2v) is 7.18. The van der Waals surface area contributed by atoms with Gasteiger partial charge < -0.3 is 10.6 Å². The number of hydrogen-bond donors (Lipinski definition) is 2. The van der Waals surface area contributed by atoms with Crippen LogP contribution in [0.2, 0.25) is 0 Å². The van der Waals surface area contributed by atoms with E-state index in [-0.39, 0.29) is 18.2 Å². The van der Waals surface area contributed by atoms with Gasteiger partial charge >= 0.3 is 0 Å². The van der Waals surface area contributed by atoms with E-state index in [1.165, 1.54) is 29.7 Å². The zero-order valence-corrected chi connectivity index (χ0v) is 15.8. The van der Waals surface area contributed by atoms with Crippen molar-refractivity contribution in [2.45, 2.75) is 6.42 Å². The van der Waals surface area contributed by atoms with Gasteiger partial charge in [-0.25, -0.2) is 9.98 Å². The number of carbonyl (C=O) groups is 3. The second kappa shape index (κ2) is 7.74. The molecule has 1 atom stereocenters. The lowest BCUT2D eigenvalue weighted by atomic mass is 10.1. The topological polar surface area (TPSA) is 126 Å². The van der Waals surface area contributed by atoms with Gasteiger partial charge in [0.25, 0.3) is 5.91 Å². The van der Waals surface area contributed by atoms with Gasteiger partial charge in [-0.2, -0.15) is 8.75 Å². The molecule has 3 heterocycles. The summed E-state index contributed by atoms with van der Waals surface area (Å²) in [4.78, 5) is 43.3. The fraction of sp³-hybridized carbons (Fsp3) is 0.118. The first kappa shape index (κ1) is 18.1. The molecule has 140 valence electrons. The summed E-state index contributed by atoms with van der Waals surface area (Å²) in [6.07, 6.45) is 4.06. The number of nitrogens with zero attached hydrogens (tertiary/aromatic N) is 4. The highest BCUT2D eigenvalue weighted by Crippen LogP contribution is 2.22. The van der Waals surface area contributed by atoms with Gasteiger partial charge in [0.1, 0.15) is 11.0 Å². The first-order chi connectivity index (χ1) is 13.6. The van der Waals surface area contributed by atoms with Crippen LogP contribution in [0, 0.1) is 5.92 Å². The summed E-state index contributed by atoms with van der Waals surface area (Å²) >= 11 is 2.30. The summed E-state index contributed by atoms with van der Waals surface area (Å²) in [6, 6.07) is 5.39. The number of aromatic nitrogens is 3. The van der Waals surface area contributed by atoms with Gasteiger partial charge in [0.05, 0.1) is 35.4 Å². The van der Waals surface area contributed by atoms with Gasteiger partial charge in [-0.05, 0) is 12.1 Å². The van der Waals surface area contributed by atoms with Crippen LogP contribution in [-0.4, -0.2) is 37.7 Å². The van der Waals surface area contributed by atoms with Gasteiger partial charge in [0.2, 0.25) is 11.8 Å². The summed E-state index contributed by atoms with van der Waals surface area (Å²) in [5, 5.41) is 7.54. The minimum absolute atomic E-state index is 0.0552. The predicted molar refractivity (Wildman–Crippen MR) is 107 cm³/mol. The number of anilines is 2. The molecule has 1 aromatic carbocycles. The fourth-order valence-corrected chi connectivity index (χ4v) is 3.75. The molecule has 0 aliphatic carbocycles. The molecule has 11 heteroatoms. The Kier molecular flexibility index (Phi) is 5.00. The zero-order valence-electron chi connectivity index (χ0n) is 14.2. The van der Waals surface area contributed by atoms with Gasteiger partial charge in [-0.1, -0.05) is 12.1 Å². The van der Waals surface area contributed by atoms with E-state index in [0.717, 1.165) is 17.2 Å². The molecule has 2 N–H and O–H groups in total. The Bertz CT molecular complexity index is 1120. The molecular weight excluding hydrogens is 400 g/mol. The molecule has 0 bridgehead atoms. The Labute approximate surface area is 166 Å². The molecule has 0 radical (unpaired) electrons. The average Bonchev–Trinajstić information content (AvgIpc) is 3.32. The maximum atomic E-state index is 12.3. The number of aliphatic imine (C=N–C) groups is 1. The Hall–Kier alpha value is -3.31. The van der Waals surface area contributed by atoms with Crippen LogP contribution in [0.5, 0.6) is 0 Å². The van der Waals surface area contributed by atoms with Crippen molar-refractivity contribution in [3.05, 3.63) is 41.4 Å². The number of fused-ring (bicyclic) bond motifs is 1. The smallest absolute Gasteiger partial charge is 0.269 e. The first-order valence-electron chi connectivity index (χ1n) is 8.11. The molecular formula is C17H12N6O3S2. The monoisotopic (exact) mass is 412 g/mol. The van der Waals surface area contributed by atoms with E-state index >= 15 is 0 Å². The highest BCUT2D eigenvalue weighted by Gasteiger charge is 2.18. The number of carbonyl (C=O) groups excluding carboxylic acids is 3. The van der Waals surface area contributed by atoms with Crippen molar-refractivity contribution in [2.75, 3.05) is 10.6 Å². The van der Waals surface area contributed by atoms with E-state index in [2.05, 4.69) is 29.4 Å². The van der Waals surface area contributed by atoms with Crippen LogP contribution in [-0.2, 0) is 20.8 Å². The number of nitrogens with one attached hydrogen (secondary N) is 2. The summed E-state index contributed by atoms with van der Waals surface area (Å²) < 4.78 is 8.32. The molecule has 1 aliphatic rings. The van der Waals surface area contributed by atoms with Crippen LogP contribution >= 0.6 is 23.1 Å². The number of rotatable bonds is 5. The Morgan fingerprint density at radius 2 is 2.07 bits per heavy atom. The normalized spacial score (nSPS) is 15.7. The summed E-state index contributed by atoms with van der Waals surface area (Å²) in [5.74, 6) is -1.61. The van der Waals surface area contributed by atoms with Crippen molar-refractivity contribution in [1.29, 1.82) is 0 Å². The maximum Gasteiger partial charge on any atom is 0.269 e. The molecule has 1 aliphatic heterocycles. The van der Waals surface area contributed by atoms with Crippen molar-refractivity contribution < 1.29 is 14.4 Å². The first-order valence-corrected chi connectivity index (χ1v) is 9.72. The Morgan fingerprint density at radius 1 is 1.18 bits per heavy atom. The highest BCUT2D eigenvalue weighted by molar-refractivity contribution is 7.14. The van der Waals surface area contributed by atoms with Gasteiger partial charge in [-0.15, -0.1) is 11.3 Å². The Balaban J connectivity index is 1.37. The van der Waals surface area contributed by atoms with Crippen LogP contribution < -0.4 is 10.6 Å². The largest absolute Gasteiger partial charge is 0.324 e.